The molecule has 0 saturated heterocycles. The summed E-state index contributed by atoms with van der Waals surface area (Å²) in [4.78, 5) is 0. The molecule has 0 aromatic carbocycles. The highest BCUT2D eigenvalue weighted by Crippen LogP contribution is 2.68. The van der Waals surface area contributed by atoms with Crippen LogP contribution in [0.5, 0.6) is 0 Å². The van der Waals surface area contributed by atoms with Gasteiger partial charge >= 0.3 is 0 Å². The Bertz CT molecular complexity index is 668. The van der Waals surface area contributed by atoms with Crippen LogP contribution in [0, 0.1) is 46.3 Å². The van der Waals surface area contributed by atoms with Crippen LogP contribution < -0.4 is 0 Å². The highest BCUT2D eigenvalue weighted by Gasteiger charge is 2.65. The summed E-state index contributed by atoms with van der Waals surface area (Å²) in [5.41, 5.74) is 1.31. The van der Waals surface area contributed by atoms with Crippen LogP contribution in [-0.4, -0.2) is 21.9 Å². The molecule has 2 nitrogen and oxygen atoms in total. The second-order valence-electron chi connectivity index (χ2n) is 12.8. The van der Waals surface area contributed by atoms with Gasteiger partial charge in [-0.1, -0.05) is 66.0 Å². The molecule has 4 rings (SSSR count). The summed E-state index contributed by atoms with van der Waals surface area (Å²) in [6.45, 7) is 14.6. The van der Waals surface area contributed by atoms with Crippen molar-refractivity contribution in [1.82, 2.24) is 0 Å². The van der Waals surface area contributed by atoms with Gasteiger partial charge < -0.3 is 10.2 Å². The van der Waals surface area contributed by atoms with Crippen LogP contribution in [0.2, 0.25) is 0 Å². The van der Waals surface area contributed by atoms with Crippen LogP contribution in [0.25, 0.3) is 0 Å². The van der Waals surface area contributed by atoms with Crippen molar-refractivity contribution in [2.75, 3.05) is 0 Å². The van der Waals surface area contributed by atoms with E-state index in [0.29, 0.717) is 17.3 Å². The zero-order valence-electron chi connectivity index (χ0n) is 20.6. The molecule has 2 heteroatoms. The molecule has 0 aromatic rings. The lowest BCUT2D eigenvalue weighted by molar-refractivity contribution is -0.182. The molecule has 2 N–H and O–H groups in total. The largest absolute Gasteiger partial charge is 0.393 e. The lowest BCUT2D eigenvalue weighted by atomic mass is 9.45. The van der Waals surface area contributed by atoms with E-state index in [0.717, 1.165) is 49.4 Å². The second kappa shape index (κ2) is 7.91. The Morgan fingerprint density at radius 1 is 0.967 bits per heavy atom. The molecule has 0 aromatic heterocycles. The first kappa shape index (κ1) is 22.8. The van der Waals surface area contributed by atoms with Gasteiger partial charge in [-0.15, -0.1) is 0 Å². The molecule has 9 atom stereocenters. The molecule has 9 unspecified atom stereocenters. The first-order valence-electron chi connectivity index (χ1n) is 13.1. The van der Waals surface area contributed by atoms with Gasteiger partial charge in [-0.2, -0.15) is 0 Å². The number of hydrogen-bond donors (Lipinski definition) is 2. The van der Waals surface area contributed by atoms with Gasteiger partial charge in [-0.25, -0.2) is 0 Å². The predicted octanol–water partition coefficient (Wildman–Crippen LogP) is 6.75. The number of aliphatic hydroxyl groups excluding tert-OH is 1. The SMILES string of the molecule is CC(C)C(C)CCC(C)C1CCC2C1(C)CCC1C3(C)CCC(O)CC3=CCC12O. The molecule has 172 valence electrons. The van der Waals surface area contributed by atoms with E-state index in [4.69, 9.17) is 0 Å². The standard InChI is InChI=1S/C28H48O2/c1-18(2)19(3)7-8-20(4)23-9-10-24-27(23,6)15-13-25-26(5)14-12-22(29)17-21(26)11-16-28(24,25)30/h11,18-20,22-25,29-30H,7-10,12-17H2,1-6H3. The number of hydrogen-bond acceptors (Lipinski definition) is 2. The van der Waals surface area contributed by atoms with Crippen molar-refractivity contribution < 1.29 is 10.2 Å². The topological polar surface area (TPSA) is 40.5 Å². The lowest BCUT2D eigenvalue weighted by Crippen LogP contribution is -2.61. The number of fused-ring (bicyclic) bond motifs is 5. The summed E-state index contributed by atoms with van der Waals surface area (Å²) in [7, 11) is 0. The summed E-state index contributed by atoms with van der Waals surface area (Å²) in [5.74, 6) is 3.93. The van der Waals surface area contributed by atoms with Gasteiger partial charge in [0, 0.05) is 0 Å². The highest BCUT2D eigenvalue weighted by molar-refractivity contribution is 5.29. The third-order valence-electron chi connectivity index (χ3n) is 11.1. The average molecular weight is 417 g/mol. The van der Waals surface area contributed by atoms with E-state index >= 15 is 0 Å². The molecular formula is C28H48O2. The fourth-order valence-electron chi connectivity index (χ4n) is 8.76. The minimum atomic E-state index is -0.534. The van der Waals surface area contributed by atoms with Gasteiger partial charge in [0.05, 0.1) is 11.7 Å². The molecule has 0 spiro atoms. The minimum Gasteiger partial charge on any atom is -0.393 e. The van der Waals surface area contributed by atoms with Crippen molar-refractivity contribution in [1.29, 1.82) is 0 Å². The third kappa shape index (κ3) is 3.43. The van der Waals surface area contributed by atoms with Crippen LogP contribution in [0.4, 0.5) is 0 Å². The van der Waals surface area contributed by atoms with Crippen molar-refractivity contribution >= 4 is 0 Å². The Labute approximate surface area is 185 Å². The first-order chi connectivity index (χ1) is 14.0. The molecule has 3 fully saturated rings. The van der Waals surface area contributed by atoms with E-state index in [2.05, 4.69) is 47.6 Å². The number of aliphatic hydroxyl groups is 2. The quantitative estimate of drug-likeness (QED) is 0.487. The van der Waals surface area contributed by atoms with Crippen molar-refractivity contribution in [3.63, 3.8) is 0 Å². The van der Waals surface area contributed by atoms with Gasteiger partial charge in [-0.3, -0.25) is 0 Å². The van der Waals surface area contributed by atoms with E-state index in [1.54, 1.807) is 0 Å². The van der Waals surface area contributed by atoms with Crippen LogP contribution in [0.1, 0.15) is 106 Å². The second-order valence-corrected chi connectivity index (χ2v) is 12.8. The van der Waals surface area contributed by atoms with Gasteiger partial charge in [0.2, 0.25) is 0 Å². The van der Waals surface area contributed by atoms with E-state index in [-0.39, 0.29) is 11.5 Å². The molecule has 0 amide bonds. The smallest absolute Gasteiger partial charge is 0.0751 e. The highest BCUT2D eigenvalue weighted by atomic mass is 16.3. The zero-order chi connectivity index (χ0) is 21.9. The molecule has 30 heavy (non-hydrogen) atoms. The molecule has 0 aliphatic heterocycles. The van der Waals surface area contributed by atoms with Crippen LogP contribution in [0.15, 0.2) is 11.6 Å². The predicted molar refractivity (Wildman–Crippen MR) is 125 cm³/mol. The molecule has 4 aliphatic carbocycles. The minimum absolute atomic E-state index is 0.101. The number of rotatable bonds is 5. The van der Waals surface area contributed by atoms with Crippen molar-refractivity contribution in [3.8, 4) is 0 Å². The molecular weight excluding hydrogens is 368 g/mol. The van der Waals surface area contributed by atoms with Gasteiger partial charge in [0.25, 0.3) is 0 Å². The third-order valence-corrected chi connectivity index (χ3v) is 11.1. The van der Waals surface area contributed by atoms with Crippen molar-refractivity contribution in [2.24, 2.45) is 46.3 Å². The molecule has 0 bridgehead atoms. The Kier molecular flexibility index (Phi) is 6.02. The lowest BCUT2D eigenvalue weighted by Gasteiger charge is -2.62. The maximum absolute atomic E-state index is 12.3. The van der Waals surface area contributed by atoms with Crippen LogP contribution in [-0.2, 0) is 0 Å². The monoisotopic (exact) mass is 416 g/mol. The van der Waals surface area contributed by atoms with Gasteiger partial charge in [-0.05, 0) is 97.7 Å². The normalized spacial score (nSPS) is 47.8. The van der Waals surface area contributed by atoms with E-state index in [1.807, 2.05) is 0 Å². The Morgan fingerprint density at radius 3 is 2.40 bits per heavy atom. The summed E-state index contributed by atoms with van der Waals surface area (Å²) < 4.78 is 0. The Morgan fingerprint density at radius 2 is 1.70 bits per heavy atom. The fraction of sp³-hybridized carbons (Fsp3) is 0.929. The Hall–Kier alpha value is -0.340. The van der Waals surface area contributed by atoms with Crippen LogP contribution in [0.3, 0.4) is 0 Å². The summed E-state index contributed by atoms with van der Waals surface area (Å²) >= 11 is 0. The maximum Gasteiger partial charge on any atom is 0.0751 e. The van der Waals surface area contributed by atoms with Crippen LogP contribution >= 0.6 is 0 Å². The first-order valence-corrected chi connectivity index (χ1v) is 13.1. The fourth-order valence-corrected chi connectivity index (χ4v) is 8.76. The van der Waals surface area contributed by atoms with E-state index in [1.165, 1.54) is 44.1 Å². The Balaban J connectivity index is 1.54. The van der Waals surface area contributed by atoms with Crippen molar-refractivity contribution in [2.45, 2.75) is 117 Å². The van der Waals surface area contributed by atoms with E-state index in [9.17, 15) is 10.2 Å². The molecule has 0 radical (unpaired) electrons. The zero-order valence-corrected chi connectivity index (χ0v) is 20.6. The van der Waals surface area contributed by atoms with E-state index < -0.39 is 5.60 Å². The average Bonchev–Trinajstić information content (AvgIpc) is 3.05. The van der Waals surface area contributed by atoms with Gasteiger partial charge in [0.1, 0.15) is 0 Å². The van der Waals surface area contributed by atoms with Gasteiger partial charge in [0.15, 0.2) is 0 Å². The maximum atomic E-state index is 12.3. The summed E-state index contributed by atoms with van der Waals surface area (Å²) in [5, 5.41) is 22.5. The molecule has 4 aliphatic rings. The van der Waals surface area contributed by atoms with Crippen molar-refractivity contribution in [3.05, 3.63) is 11.6 Å². The summed E-state index contributed by atoms with van der Waals surface area (Å²) in [6.07, 6.45) is 13.4. The summed E-state index contributed by atoms with van der Waals surface area (Å²) in [6, 6.07) is 0. The molecule has 3 saturated carbocycles. The molecule has 0 heterocycles.